The average Bonchev–Trinajstić information content (AvgIpc) is 3.10. The highest BCUT2D eigenvalue weighted by Gasteiger charge is 2.25. The SMILES string of the molecule is CCCN(CCC)C(=O)c1cc(C)cc(C(=O)N[C@@H](Cc2cc(F)cc(F)c2)[C@H](O)CNCc2cccc(-c3ccccc3C(=O)OCC)c2)c1. The maximum atomic E-state index is 14.1. The number of esters is 1. The van der Waals surface area contributed by atoms with Crippen LogP contribution >= 0.6 is 0 Å². The molecule has 0 radical (unpaired) electrons. The number of benzene rings is 4. The molecule has 270 valence electrons. The Bertz CT molecular complexity index is 1790. The third-order valence-electron chi connectivity index (χ3n) is 8.36. The molecule has 0 heterocycles. The van der Waals surface area contributed by atoms with Crippen molar-refractivity contribution in [1.29, 1.82) is 0 Å². The zero-order valence-electron chi connectivity index (χ0n) is 29.7. The van der Waals surface area contributed by atoms with Crippen LogP contribution in [0.4, 0.5) is 8.78 Å². The van der Waals surface area contributed by atoms with Crippen molar-refractivity contribution in [1.82, 2.24) is 15.5 Å². The standard InChI is InChI=1S/C41H47F2N3O5/c1-5-15-46(16-6-2)40(49)32-18-27(4)17-31(23-32)39(48)45-37(22-29-20-33(42)24-34(43)21-29)38(47)26-44-25-28-11-10-12-30(19-28)35-13-8-9-14-36(35)41(50)51-7-3/h8-14,17-21,23-24,37-38,44,47H,5-7,15-16,22,25-26H2,1-4H3,(H,45,48)/t37-,38+/m0/s1. The molecule has 2 atom stereocenters. The number of amides is 2. The van der Waals surface area contributed by atoms with Crippen molar-refractivity contribution in [3.05, 3.63) is 130 Å². The lowest BCUT2D eigenvalue weighted by molar-refractivity contribution is 0.0526. The molecule has 8 nitrogen and oxygen atoms in total. The molecular weight excluding hydrogens is 652 g/mol. The number of hydrogen-bond donors (Lipinski definition) is 3. The first-order valence-electron chi connectivity index (χ1n) is 17.4. The van der Waals surface area contributed by atoms with Gasteiger partial charge in [-0.3, -0.25) is 9.59 Å². The second kappa shape index (κ2) is 18.9. The van der Waals surface area contributed by atoms with Crippen LogP contribution in [0.2, 0.25) is 0 Å². The number of rotatable bonds is 17. The molecule has 0 aliphatic carbocycles. The maximum Gasteiger partial charge on any atom is 0.338 e. The van der Waals surface area contributed by atoms with Gasteiger partial charge in [-0.1, -0.05) is 50.2 Å². The summed E-state index contributed by atoms with van der Waals surface area (Å²) >= 11 is 0. The van der Waals surface area contributed by atoms with E-state index in [1.807, 2.05) is 50.2 Å². The Balaban J connectivity index is 1.52. The minimum atomic E-state index is -1.16. The molecule has 0 unspecified atom stereocenters. The number of carbonyl (C=O) groups is 3. The minimum Gasteiger partial charge on any atom is -0.462 e. The summed E-state index contributed by atoms with van der Waals surface area (Å²) < 4.78 is 33.5. The van der Waals surface area contributed by atoms with Crippen LogP contribution in [0.25, 0.3) is 11.1 Å². The molecule has 4 aromatic carbocycles. The van der Waals surface area contributed by atoms with Crippen molar-refractivity contribution in [3.63, 3.8) is 0 Å². The zero-order chi connectivity index (χ0) is 36.9. The van der Waals surface area contributed by atoms with Crippen LogP contribution in [0.15, 0.2) is 84.9 Å². The molecule has 4 aromatic rings. The van der Waals surface area contributed by atoms with Crippen molar-refractivity contribution < 1.29 is 33.0 Å². The van der Waals surface area contributed by atoms with E-state index >= 15 is 0 Å². The number of halogens is 2. The third-order valence-corrected chi connectivity index (χ3v) is 8.36. The van der Waals surface area contributed by atoms with E-state index < -0.39 is 35.7 Å². The van der Waals surface area contributed by atoms with Crippen LogP contribution < -0.4 is 10.6 Å². The molecule has 3 N–H and O–H groups in total. The number of aliphatic hydroxyl groups is 1. The summed E-state index contributed by atoms with van der Waals surface area (Å²) in [5, 5.41) is 17.5. The predicted molar refractivity (Wildman–Crippen MR) is 195 cm³/mol. The van der Waals surface area contributed by atoms with Crippen LogP contribution in [-0.2, 0) is 17.7 Å². The van der Waals surface area contributed by atoms with Gasteiger partial charge in [0.2, 0.25) is 0 Å². The Kier molecular flexibility index (Phi) is 14.4. The summed E-state index contributed by atoms with van der Waals surface area (Å²) in [4.78, 5) is 41.3. The van der Waals surface area contributed by atoms with Gasteiger partial charge in [0.25, 0.3) is 11.8 Å². The largest absolute Gasteiger partial charge is 0.462 e. The number of aryl methyl sites for hydroxylation is 1. The number of carbonyl (C=O) groups excluding carboxylic acids is 3. The maximum absolute atomic E-state index is 14.1. The van der Waals surface area contributed by atoms with Crippen molar-refractivity contribution in [2.45, 2.75) is 65.6 Å². The number of ether oxygens (including phenoxy) is 1. The third kappa shape index (κ3) is 11.0. The molecule has 10 heteroatoms. The van der Waals surface area contributed by atoms with Gasteiger partial charge < -0.3 is 25.4 Å². The molecular formula is C41H47F2N3O5. The Morgan fingerprint density at radius 1 is 0.824 bits per heavy atom. The van der Waals surface area contributed by atoms with Crippen molar-refractivity contribution in [3.8, 4) is 11.1 Å². The minimum absolute atomic E-state index is 0.0347. The topological polar surface area (TPSA) is 108 Å². The van der Waals surface area contributed by atoms with Crippen molar-refractivity contribution >= 4 is 17.8 Å². The van der Waals surface area contributed by atoms with E-state index in [-0.39, 0.29) is 36.6 Å². The first-order chi connectivity index (χ1) is 24.5. The van der Waals surface area contributed by atoms with E-state index in [0.29, 0.717) is 30.8 Å². The highest BCUT2D eigenvalue weighted by molar-refractivity contribution is 6.00. The summed E-state index contributed by atoms with van der Waals surface area (Å²) in [6.45, 7) is 9.39. The Labute approximate surface area is 298 Å². The summed E-state index contributed by atoms with van der Waals surface area (Å²) in [7, 11) is 0. The van der Waals surface area contributed by atoms with Crippen LogP contribution in [0.3, 0.4) is 0 Å². The Morgan fingerprint density at radius 2 is 1.51 bits per heavy atom. The second-order valence-electron chi connectivity index (χ2n) is 12.6. The lowest BCUT2D eigenvalue weighted by Crippen LogP contribution is -2.48. The van der Waals surface area contributed by atoms with E-state index in [9.17, 15) is 28.3 Å². The molecule has 4 rings (SSSR count). The van der Waals surface area contributed by atoms with Crippen LogP contribution in [0.1, 0.15) is 81.4 Å². The highest BCUT2D eigenvalue weighted by Crippen LogP contribution is 2.25. The smallest absolute Gasteiger partial charge is 0.338 e. The van der Waals surface area contributed by atoms with Gasteiger partial charge in [0.1, 0.15) is 11.6 Å². The molecule has 0 saturated carbocycles. The van der Waals surface area contributed by atoms with Crippen LogP contribution in [0, 0.1) is 18.6 Å². The monoisotopic (exact) mass is 699 g/mol. The summed E-state index contributed by atoms with van der Waals surface area (Å²) in [6, 6.07) is 21.9. The van der Waals surface area contributed by atoms with Gasteiger partial charge in [0.05, 0.1) is 24.3 Å². The first kappa shape index (κ1) is 38.9. The van der Waals surface area contributed by atoms with E-state index in [0.717, 1.165) is 41.2 Å². The molecule has 0 saturated heterocycles. The number of aliphatic hydroxyl groups excluding tert-OH is 1. The van der Waals surface area contributed by atoms with Gasteiger partial charge >= 0.3 is 5.97 Å². The van der Waals surface area contributed by atoms with Gasteiger partial charge in [-0.2, -0.15) is 0 Å². The number of nitrogens with one attached hydrogen (secondary N) is 2. The lowest BCUT2D eigenvalue weighted by Gasteiger charge is -2.25. The first-order valence-corrected chi connectivity index (χ1v) is 17.4. The fourth-order valence-corrected chi connectivity index (χ4v) is 6.07. The van der Waals surface area contributed by atoms with E-state index in [4.69, 9.17) is 4.74 Å². The molecule has 0 aromatic heterocycles. The molecule has 51 heavy (non-hydrogen) atoms. The van der Waals surface area contributed by atoms with E-state index in [2.05, 4.69) is 10.6 Å². The van der Waals surface area contributed by atoms with Crippen molar-refractivity contribution in [2.24, 2.45) is 0 Å². The van der Waals surface area contributed by atoms with E-state index in [1.54, 1.807) is 49.1 Å². The quantitative estimate of drug-likeness (QED) is 0.104. The van der Waals surface area contributed by atoms with Gasteiger partial charge in [-0.25, -0.2) is 13.6 Å². The van der Waals surface area contributed by atoms with Crippen LogP contribution in [-0.4, -0.2) is 66.2 Å². The summed E-state index contributed by atoms with van der Waals surface area (Å²) in [5.41, 5.74) is 4.49. The fourth-order valence-electron chi connectivity index (χ4n) is 6.07. The zero-order valence-corrected chi connectivity index (χ0v) is 29.7. The number of hydrogen-bond acceptors (Lipinski definition) is 6. The Morgan fingerprint density at radius 3 is 2.20 bits per heavy atom. The molecule has 0 aliphatic heterocycles. The molecule has 0 aliphatic rings. The van der Waals surface area contributed by atoms with Gasteiger partial charge in [-0.15, -0.1) is 0 Å². The molecule has 0 fully saturated rings. The normalized spacial score (nSPS) is 12.2. The molecule has 2 amide bonds. The highest BCUT2D eigenvalue weighted by atomic mass is 19.1. The lowest BCUT2D eigenvalue weighted by atomic mass is 9.98. The van der Waals surface area contributed by atoms with Crippen molar-refractivity contribution in [2.75, 3.05) is 26.2 Å². The van der Waals surface area contributed by atoms with Gasteiger partial charge in [0, 0.05) is 43.4 Å². The Hall–Kier alpha value is -4.93. The second-order valence-corrected chi connectivity index (χ2v) is 12.6. The predicted octanol–water partition coefficient (Wildman–Crippen LogP) is 6.87. The summed E-state index contributed by atoms with van der Waals surface area (Å²) in [6.07, 6.45) is 0.382. The number of nitrogens with zero attached hydrogens (tertiary/aromatic N) is 1. The fraction of sp³-hybridized carbons (Fsp3) is 0.341. The van der Waals surface area contributed by atoms with Crippen LogP contribution in [0.5, 0.6) is 0 Å². The molecule has 0 bridgehead atoms. The van der Waals surface area contributed by atoms with E-state index in [1.165, 1.54) is 12.1 Å². The average molecular weight is 700 g/mol. The molecule has 0 spiro atoms. The summed E-state index contributed by atoms with van der Waals surface area (Å²) in [5.74, 6) is -2.63. The van der Waals surface area contributed by atoms with Gasteiger partial charge in [0.15, 0.2) is 0 Å². The van der Waals surface area contributed by atoms with Gasteiger partial charge in [-0.05, 0) is 103 Å².